The number of aromatic nitrogens is 1. The fourth-order valence-electron chi connectivity index (χ4n) is 2.96. The largest absolute Gasteiger partial charge is 0.354 e. The van der Waals surface area contributed by atoms with Crippen molar-refractivity contribution in [2.75, 3.05) is 0 Å². The number of H-pyrrole nitrogens is 1. The molecule has 108 valence electrons. The molecule has 1 aromatic heterocycles. The van der Waals surface area contributed by atoms with Crippen LogP contribution in [0.4, 0.5) is 0 Å². The molecule has 1 N–H and O–H groups in total. The van der Waals surface area contributed by atoms with Crippen molar-refractivity contribution in [2.24, 2.45) is 0 Å². The SMILES string of the molecule is Ic1ccc2[nH]c3c(Cc4ccccc4)cc(I)cc3c2c1. The molecule has 0 saturated heterocycles. The van der Waals surface area contributed by atoms with Gasteiger partial charge in [0.2, 0.25) is 0 Å². The van der Waals surface area contributed by atoms with Gasteiger partial charge in [0.1, 0.15) is 0 Å². The second kappa shape index (κ2) is 5.85. The summed E-state index contributed by atoms with van der Waals surface area (Å²) >= 11 is 4.80. The maximum atomic E-state index is 3.61. The molecule has 0 spiro atoms. The van der Waals surface area contributed by atoms with Crippen LogP contribution < -0.4 is 0 Å². The van der Waals surface area contributed by atoms with Gasteiger partial charge in [-0.05, 0) is 93.1 Å². The van der Waals surface area contributed by atoms with Crippen LogP contribution in [-0.4, -0.2) is 4.98 Å². The van der Waals surface area contributed by atoms with E-state index in [1.165, 1.54) is 40.1 Å². The summed E-state index contributed by atoms with van der Waals surface area (Å²) in [5, 5.41) is 2.64. The summed E-state index contributed by atoms with van der Waals surface area (Å²) in [6, 6.07) is 21.8. The predicted octanol–water partition coefficient (Wildman–Crippen LogP) is 6.12. The van der Waals surface area contributed by atoms with E-state index >= 15 is 0 Å². The van der Waals surface area contributed by atoms with Crippen molar-refractivity contribution in [2.45, 2.75) is 6.42 Å². The average molecular weight is 509 g/mol. The van der Waals surface area contributed by atoms with Gasteiger partial charge in [-0.25, -0.2) is 0 Å². The molecule has 1 heterocycles. The van der Waals surface area contributed by atoms with Gasteiger partial charge in [0.25, 0.3) is 0 Å². The Morgan fingerprint density at radius 2 is 1.55 bits per heavy atom. The van der Waals surface area contributed by atoms with Gasteiger partial charge < -0.3 is 4.98 Å². The lowest BCUT2D eigenvalue weighted by Gasteiger charge is -2.05. The normalized spacial score (nSPS) is 11.4. The maximum Gasteiger partial charge on any atom is 0.0501 e. The van der Waals surface area contributed by atoms with Crippen molar-refractivity contribution in [3.05, 3.63) is 78.9 Å². The van der Waals surface area contributed by atoms with E-state index < -0.39 is 0 Å². The van der Waals surface area contributed by atoms with Crippen LogP contribution in [-0.2, 0) is 6.42 Å². The van der Waals surface area contributed by atoms with Gasteiger partial charge in [-0.3, -0.25) is 0 Å². The molecular formula is C19H13I2N. The van der Waals surface area contributed by atoms with Gasteiger partial charge in [0.05, 0.1) is 5.52 Å². The molecule has 4 rings (SSSR count). The highest BCUT2D eigenvalue weighted by atomic mass is 127. The fourth-order valence-corrected chi connectivity index (χ4v) is 4.14. The Balaban J connectivity index is 1.96. The third-order valence-electron chi connectivity index (χ3n) is 3.95. The van der Waals surface area contributed by atoms with Crippen LogP contribution in [0, 0.1) is 7.14 Å². The Hall–Kier alpha value is -1.08. The number of halogens is 2. The van der Waals surface area contributed by atoms with Crippen LogP contribution in [0.2, 0.25) is 0 Å². The number of hydrogen-bond acceptors (Lipinski definition) is 0. The topological polar surface area (TPSA) is 15.8 Å². The maximum absolute atomic E-state index is 3.61. The van der Waals surface area contributed by atoms with Gasteiger partial charge in [0, 0.05) is 23.4 Å². The van der Waals surface area contributed by atoms with Crippen LogP contribution in [0.5, 0.6) is 0 Å². The van der Waals surface area contributed by atoms with Crippen LogP contribution >= 0.6 is 45.2 Å². The predicted molar refractivity (Wildman–Crippen MR) is 110 cm³/mol. The van der Waals surface area contributed by atoms with E-state index in [0.29, 0.717) is 0 Å². The Morgan fingerprint density at radius 1 is 0.773 bits per heavy atom. The highest BCUT2D eigenvalue weighted by Gasteiger charge is 2.10. The Morgan fingerprint density at radius 3 is 2.36 bits per heavy atom. The van der Waals surface area contributed by atoms with Crippen LogP contribution in [0.1, 0.15) is 11.1 Å². The Labute approximate surface area is 156 Å². The lowest BCUT2D eigenvalue weighted by molar-refractivity contribution is 1.20. The molecule has 0 amide bonds. The Bertz CT molecular complexity index is 971. The summed E-state index contributed by atoms with van der Waals surface area (Å²) in [6.07, 6.45) is 0.956. The highest BCUT2D eigenvalue weighted by molar-refractivity contribution is 14.1. The second-order valence-electron chi connectivity index (χ2n) is 5.46. The van der Waals surface area contributed by atoms with Crippen LogP contribution in [0.25, 0.3) is 21.8 Å². The van der Waals surface area contributed by atoms with Crippen molar-refractivity contribution in [1.29, 1.82) is 0 Å². The zero-order valence-corrected chi connectivity index (χ0v) is 16.1. The smallest absolute Gasteiger partial charge is 0.0501 e. The molecule has 0 aliphatic heterocycles. The molecule has 0 aliphatic carbocycles. The van der Waals surface area contributed by atoms with Crippen molar-refractivity contribution >= 4 is 67.0 Å². The quantitative estimate of drug-likeness (QED) is 0.314. The van der Waals surface area contributed by atoms with E-state index in [2.05, 4.69) is 111 Å². The number of aromatic amines is 1. The minimum Gasteiger partial charge on any atom is -0.354 e. The molecule has 0 fully saturated rings. The first kappa shape index (κ1) is 14.5. The van der Waals surface area contributed by atoms with Gasteiger partial charge in [0.15, 0.2) is 0 Å². The molecule has 3 heteroatoms. The van der Waals surface area contributed by atoms with Crippen molar-refractivity contribution in [3.63, 3.8) is 0 Å². The molecular weight excluding hydrogens is 496 g/mol. The third kappa shape index (κ3) is 2.65. The highest BCUT2D eigenvalue weighted by Crippen LogP contribution is 2.31. The summed E-state index contributed by atoms with van der Waals surface area (Å²) in [5.74, 6) is 0. The Kier molecular flexibility index (Phi) is 3.86. The summed E-state index contributed by atoms with van der Waals surface area (Å²) in [7, 11) is 0. The molecule has 4 aromatic rings. The van der Waals surface area contributed by atoms with Gasteiger partial charge >= 0.3 is 0 Å². The standard InChI is InChI=1S/C19H13I2N/c20-14-6-7-18-16(10-14)17-11-15(21)9-13(19(17)22-18)8-12-4-2-1-3-5-12/h1-7,9-11,22H,8H2. The molecule has 0 atom stereocenters. The van der Waals surface area contributed by atoms with E-state index in [0.717, 1.165) is 6.42 Å². The monoisotopic (exact) mass is 509 g/mol. The summed E-state index contributed by atoms with van der Waals surface area (Å²) in [5.41, 5.74) is 5.19. The van der Waals surface area contributed by atoms with Crippen molar-refractivity contribution < 1.29 is 0 Å². The summed E-state index contributed by atoms with van der Waals surface area (Å²) in [6.45, 7) is 0. The van der Waals surface area contributed by atoms with Crippen molar-refractivity contribution in [3.8, 4) is 0 Å². The number of benzene rings is 3. The minimum absolute atomic E-state index is 0.956. The van der Waals surface area contributed by atoms with Gasteiger partial charge in [-0.1, -0.05) is 30.3 Å². The zero-order valence-electron chi connectivity index (χ0n) is 11.7. The molecule has 1 nitrogen and oxygen atoms in total. The average Bonchev–Trinajstić information content (AvgIpc) is 2.87. The first-order valence-electron chi connectivity index (χ1n) is 7.14. The first-order valence-corrected chi connectivity index (χ1v) is 9.30. The van der Waals surface area contributed by atoms with Crippen LogP contribution in [0.15, 0.2) is 60.7 Å². The first-order chi connectivity index (χ1) is 10.7. The molecule has 22 heavy (non-hydrogen) atoms. The van der Waals surface area contributed by atoms with Gasteiger partial charge in [-0.2, -0.15) is 0 Å². The summed E-state index contributed by atoms with van der Waals surface area (Å²) < 4.78 is 2.56. The van der Waals surface area contributed by atoms with E-state index in [1.54, 1.807) is 0 Å². The zero-order chi connectivity index (χ0) is 15.1. The molecule has 0 unspecified atom stereocenters. The third-order valence-corrected chi connectivity index (χ3v) is 5.25. The number of hydrogen-bond donors (Lipinski definition) is 1. The number of nitrogens with one attached hydrogen (secondary N) is 1. The molecule has 0 saturated carbocycles. The molecule has 0 bridgehead atoms. The van der Waals surface area contributed by atoms with Gasteiger partial charge in [-0.15, -0.1) is 0 Å². The fraction of sp³-hybridized carbons (Fsp3) is 0.0526. The molecule has 0 aliphatic rings. The minimum atomic E-state index is 0.956. The molecule has 0 radical (unpaired) electrons. The number of rotatable bonds is 2. The lowest BCUT2D eigenvalue weighted by atomic mass is 10.0. The molecule has 3 aromatic carbocycles. The van der Waals surface area contributed by atoms with E-state index in [1.807, 2.05) is 0 Å². The number of fused-ring (bicyclic) bond motifs is 3. The van der Waals surface area contributed by atoms with Crippen LogP contribution in [0.3, 0.4) is 0 Å². The lowest BCUT2D eigenvalue weighted by Crippen LogP contribution is -1.90. The van der Waals surface area contributed by atoms with Crippen molar-refractivity contribution in [1.82, 2.24) is 4.98 Å². The van der Waals surface area contributed by atoms with E-state index in [-0.39, 0.29) is 0 Å². The summed E-state index contributed by atoms with van der Waals surface area (Å²) in [4.78, 5) is 3.61. The second-order valence-corrected chi connectivity index (χ2v) is 7.96. The van der Waals surface area contributed by atoms with E-state index in [4.69, 9.17) is 0 Å². The van der Waals surface area contributed by atoms with E-state index in [9.17, 15) is 0 Å².